The van der Waals surface area contributed by atoms with E-state index in [4.69, 9.17) is 4.74 Å². The Morgan fingerprint density at radius 2 is 2.19 bits per heavy atom. The minimum atomic E-state index is -0.206. The van der Waals surface area contributed by atoms with Crippen molar-refractivity contribution in [2.45, 2.75) is 52.2 Å². The molecule has 6 nitrogen and oxygen atoms in total. The topological polar surface area (TPSA) is 61.9 Å². The van der Waals surface area contributed by atoms with Gasteiger partial charge < -0.3 is 15.0 Å². The number of nitrogens with one attached hydrogen (secondary N) is 1. The summed E-state index contributed by atoms with van der Waals surface area (Å²) in [5.41, 5.74) is 2.24. The van der Waals surface area contributed by atoms with Crippen molar-refractivity contribution < 1.29 is 14.3 Å². The van der Waals surface area contributed by atoms with Gasteiger partial charge in [0.15, 0.2) is 0 Å². The lowest BCUT2D eigenvalue weighted by Gasteiger charge is -2.41. The molecule has 3 amide bonds. The SMILES string of the molecule is CCN(C(=O)c1ccc(C)c(N2CCNC2=O)c1)[C@@H]1CCOC(C)(C)C1. The van der Waals surface area contributed by atoms with Crippen molar-refractivity contribution in [2.24, 2.45) is 0 Å². The van der Waals surface area contributed by atoms with E-state index in [0.717, 1.165) is 24.1 Å². The second kappa shape index (κ2) is 7.27. The summed E-state index contributed by atoms with van der Waals surface area (Å²) in [6.45, 7) is 10.7. The molecular formula is C20H29N3O3. The number of amides is 3. The molecule has 0 aromatic heterocycles. The molecule has 2 saturated heterocycles. The molecule has 0 bridgehead atoms. The van der Waals surface area contributed by atoms with E-state index in [0.29, 0.717) is 31.8 Å². The van der Waals surface area contributed by atoms with Crippen LogP contribution in [0.3, 0.4) is 0 Å². The molecule has 2 aliphatic heterocycles. The fourth-order valence-electron chi connectivity index (χ4n) is 3.93. The first-order valence-corrected chi connectivity index (χ1v) is 9.43. The molecule has 1 N–H and O–H groups in total. The van der Waals surface area contributed by atoms with Crippen molar-refractivity contribution in [1.29, 1.82) is 0 Å². The second-order valence-electron chi connectivity index (χ2n) is 7.73. The lowest BCUT2D eigenvalue weighted by atomic mass is 9.92. The normalized spacial score (nSPS) is 22.2. The maximum absolute atomic E-state index is 13.2. The highest BCUT2D eigenvalue weighted by Gasteiger charge is 2.34. The monoisotopic (exact) mass is 359 g/mol. The third-order valence-corrected chi connectivity index (χ3v) is 5.32. The Morgan fingerprint density at radius 1 is 1.42 bits per heavy atom. The first-order valence-electron chi connectivity index (χ1n) is 9.43. The molecule has 2 heterocycles. The van der Waals surface area contributed by atoms with Crippen LogP contribution in [0.2, 0.25) is 0 Å². The summed E-state index contributed by atoms with van der Waals surface area (Å²) in [4.78, 5) is 28.9. The number of hydrogen-bond donors (Lipinski definition) is 1. The van der Waals surface area contributed by atoms with Crippen molar-refractivity contribution in [3.63, 3.8) is 0 Å². The summed E-state index contributed by atoms with van der Waals surface area (Å²) in [5, 5.41) is 2.82. The molecule has 6 heteroatoms. The van der Waals surface area contributed by atoms with E-state index in [1.807, 2.05) is 36.9 Å². The van der Waals surface area contributed by atoms with Gasteiger partial charge in [0.05, 0.1) is 5.60 Å². The van der Waals surface area contributed by atoms with Crippen LogP contribution in [0.5, 0.6) is 0 Å². The van der Waals surface area contributed by atoms with E-state index in [1.54, 1.807) is 4.90 Å². The van der Waals surface area contributed by atoms with Gasteiger partial charge in [-0.3, -0.25) is 9.69 Å². The summed E-state index contributed by atoms with van der Waals surface area (Å²) in [7, 11) is 0. The zero-order valence-corrected chi connectivity index (χ0v) is 16.2. The molecule has 0 spiro atoms. The van der Waals surface area contributed by atoms with Crippen molar-refractivity contribution in [3.05, 3.63) is 29.3 Å². The molecule has 1 aromatic rings. The summed E-state index contributed by atoms with van der Waals surface area (Å²) < 4.78 is 5.80. The Balaban J connectivity index is 1.85. The van der Waals surface area contributed by atoms with Gasteiger partial charge in [0.25, 0.3) is 5.91 Å². The summed E-state index contributed by atoms with van der Waals surface area (Å²) >= 11 is 0. The first kappa shape index (κ1) is 18.7. The average molecular weight is 359 g/mol. The maximum Gasteiger partial charge on any atom is 0.322 e. The van der Waals surface area contributed by atoms with Gasteiger partial charge in [0.1, 0.15) is 0 Å². The predicted molar refractivity (Wildman–Crippen MR) is 102 cm³/mol. The molecule has 2 aliphatic rings. The Labute approximate surface area is 155 Å². The van der Waals surface area contributed by atoms with Crippen LogP contribution >= 0.6 is 0 Å². The largest absolute Gasteiger partial charge is 0.375 e. The van der Waals surface area contributed by atoms with E-state index in [9.17, 15) is 9.59 Å². The minimum absolute atomic E-state index is 0.0241. The molecular weight excluding hydrogens is 330 g/mol. The predicted octanol–water partition coefficient (Wildman–Crippen LogP) is 2.94. The Bertz CT molecular complexity index is 702. The third kappa shape index (κ3) is 3.70. The fourth-order valence-corrected chi connectivity index (χ4v) is 3.93. The lowest BCUT2D eigenvalue weighted by molar-refractivity contribution is -0.0777. The van der Waals surface area contributed by atoms with Crippen molar-refractivity contribution in [1.82, 2.24) is 10.2 Å². The summed E-state index contributed by atoms with van der Waals surface area (Å²) in [6, 6.07) is 5.72. The van der Waals surface area contributed by atoms with E-state index in [2.05, 4.69) is 19.2 Å². The van der Waals surface area contributed by atoms with Crippen molar-refractivity contribution in [2.75, 3.05) is 31.1 Å². The van der Waals surface area contributed by atoms with Crippen molar-refractivity contribution >= 4 is 17.6 Å². The molecule has 1 aromatic carbocycles. The first-order chi connectivity index (χ1) is 12.3. The third-order valence-electron chi connectivity index (χ3n) is 5.32. The van der Waals surface area contributed by atoms with Crippen LogP contribution in [0.4, 0.5) is 10.5 Å². The number of benzene rings is 1. The van der Waals surface area contributed by atoms with Crippen LogP contribution in [0.25, 0.3) is 0 Å². The minimum Gasteiger partial charge on any atom is -0.375 e. The number of nitrogens with zero attached hydrogens (tertiary/aromatic N) is 2. The van der Waals surface area contributed by atoms with Crippen LogP contribution in [0, 0.1) is 6.92 Å². The van der Waals surface area contributed by atoms with Gasteiger partial charge >= 0.3 is 6.03 Å². The number of anilines is 1. The zero-order valence-electron chi connectivity index (χ0n) is 16.2. The number of ether oxygens (including phenoxy) is 1. The van der Waals surface area contributed by atoms with Gasteiger partial charge in [-0.15, -0.1) is 0 Å². The zero-order chi connectivity index (χ0) is 18.9. The van der Waals surface area contributed by atoms with E-state index >= 15 is 0 Å². The van der Waals surface area contributed by atoms with Gasteiger partial charge in [0, 0.05) is 43.5 Å². The number of rotatable bonds is 4. The number of carbonyl (C=O) groups is 2. The molecule has 142 valence electrons. The second-order valence-corrected chi connectivity index (χ2v) is 7.73. The smallest absolute Gasteiger partial charge is 0.322 e. The molecule has 26 heavy (non-hydrogen) atoms. The molecule has 0 aliphatic carbocycles. The highest BCUT2D eigenvalue weighted by molar-refractivity contribution is 5.99. The van der Waals surface area contributed by atoms with Crippen LogP contribution < -0.4 is 10.2 Å². The number of aryl methyl sites for hydroxylation is 1. The van der Waals surface area contributed by atoms with Crippen molar-refractivity contribution in [3.8, 4) is 0 Å². The molecule has 1 atom stereocenters. The van der Waals surface area contributed by atoms with E-state index in [-0.39, 0.29) is 23.6 Å². The highest BCUT2D eigenvalue weighted by atomic mass is 16.5. The molecule has 2 fully saturated rings. The van der Waals surface area contributed by atoms with E-state index < -0.39 is 0 Å². The van der Waals surface area contributed by atoms with Gasteiger partial charge in [-0.25, -0.2) is 4.79 Å². The quantitative estimate of drug-likeness (QED) is 0.899. The molecule has 0 saturated carbocycles. The summed E-state index contributed by atoms with van der Waals surface area (Å²) in [5.74, 6) is 0.0241. The number of urea groups is 1. The molecule has 0 unspecified atom stereocenters. The summed E-state index contributed by atoms with van der Waals surface area (Å²) in [6.07, 6.45) is 1.69. The Hall–Kier alpha value is -2.08. The van der Waals surface area contributed by atoms with Crippen LogP contribution in [-0.2, 0) is 4.74 Å². The Kier molecular flexibility index (Phi) is 5.23. The number of hydrogen-bond acceptors (Lipinski definition) is 3. The van der Waals surface area contributed by atoms with E-state index in [1.165, 1.54) is 0 Å². The Morgan fingerprint density at radius 3 is 2.81 bits per heavy atom. The van der Waals surface area contributed by atoms with Gasteiger partial charge in [0.2, 0.25) is 0 Å². The fraction of sp³-hybridized carbons (Fsp3) is 0.600. The average Bonchev–Trinajstić information content (AvgIpc) is 3.01. The van der Waals surface area contributed by atoms with Crippen LogP contribution in [-0.4, -0.2) is 54.7 Å². The highest BCUT2D eigenvalue weighted by Crippen LogP contribution is 2.29. The van der Waals surface area contributed by atoms with Gasteiger partial charge in [-0.2, -0.15) is 0 Å². The lowest BCUT2D eigenvalue weighted by Crippen LogP contribution is -2.48. The molecule has 0 radical (unpaired) electrons. The number of carbonyl (C=O) groups excluding carboxylic acids is 2. The molecule has 3 rings (SSSR count). The van der Waals surface area contributed by atoms with Gasteiger partial charge in [-0.1, -0.05) is 6.07 Å². The van der Waals surface area contributed by atoms with Gasteiger partial charge in [-0.05, 0) is 58.2 Å². The maximum atomic E-state index is 13.2. The standard InChI is InChI=1S/C20H29N3O3/c1-5-22(16-8-11-26-20(3,4)13-16)18(24)15-7-6-14(2)17(12-15)23-10-9-21-19(23)25/h6-7,12,16H,5,8-11,13H2,1-4H3,(H,21,25)/t16-/m1/s1. The van der Waals surface area contributed by atoms with Crippen LogP contribution in [0.1, 0.15) is 49.5 Å². The van der Waals surface area contributed by atoms with Crippen LogP contribution in [0.15, 0.2) is 18.2 Å².